The minimum absolute atomic E-state index is 0.258. The number of hydrogen-bond acceptors (Lipinski definition) is 6. The molecule has 0 saturated heterocycles. The van der Waals surface area contributed by atoms with Crippen LogP contribution < -0.4 is 11.1 Å². The maximum atomic E-state index is 11.4. The molecule has 0 amide bonds. The summed E-state index contributed by atoms with van der Waals surface area (Å²) in [7, 11) is 3.45. The van der Waals surface area contributed by atoms with Gasteiger partial charge >= 0.3 is 5.97 Å². The maximum absolute atomic E-state index is 11.4. The molecule has 3 N–H and O–H groups in total. The Kier molecular flexibility index (Phi) is 6.94. The molecule has 21 heavy (non-hydrogen) atoms. The van der Waals surface area contributed by atoms with E-state index in [9.17, 15) is 4.79 Å². The molecule has 1 rings (SSSR count). The Labute approximate surface area is 126 Å². The Bertz CT molecular complexity index is 463. The van der Waals surface area contributed by atoms with Gasteiger partial charge < -0.3 is 20.7 Å². The number of nitrogens with one attached hydrogen (secondary N) is 1. The first-order valence-corrected chi connectivity index (χ1v) is 7.24. The van der Waals surface area contributed by atoms with E-state index in [-0.39, 0.29) is 5.69 Å². The second-order valence-corrected chi connectivity index (χ2v) is 5.33. The highest BCUT2D eigenvalue weighted by molar-refractivity contribution is 5.88. The molecule has 6 heteroatoms. The van der Waals surface area contributed by atoms with Crippen LogP contribution in [0.25, 0.3) is 0 Å². The molecular formula is C15H26N4O2. The van der Waals surface area contributed by atoms with Gasteiger partial charge in [0, 0.05) is 12.6 Å². The van der Waals surface area contributed by atoms with Crippen LogP contribution in [-0.4, -0.2) is 49.1 Å². The Morgan fingerprint density at radius 2 is 2.14 bits per heavy atom. The molecule has 1 aromatic rings. The Morgan fingerprint density at radius 3 is 2.76 bits per heavy atom. The van der Waals surface area contributed by atoms with Crippen LogP contribution in [0.4, 0.5) is 11.5 Å². The van der Waals surface area contributed by atoms with Crippen LogP contribution in [0.3, 0.4) is 0 Å². The molecule has 0 aliphatic rings. The van der Waals surface area contributed by atoms with Crippen LogP contribution in [0.5, 0.6) is 0 Å². The molecule has 1 aromatic heterocycles. The standard InChI is InChI=1S/C15H26N4O2/c1-11(2)19(3)10-6-5-9-17-14-12(16)7-8-13(18-14)15(20)21-4/h7-8,11H,5-6,9-10,16H2,1-4H3,(H,17,18). The highest BCUT2D eigenvalue weighted by Gasteiger charge is 2.10. The summed E-state index contributed by atoms with van der Waals surface area (Å²) in [5.74, 6) is 0.0757. The Morgan fingerprint density at radius 1 is 1.43 bits per heavy atom. The lowest BCUT2D eigenvalue weighted by Crippen LogP contribution is -2.27. The van der Waals surface area contributed by atoms with Crippen LogP contribution in [-0.2, 0) is 4.74 Å². The van der Waals surface area contributed by atoms with Crippen LogP contribution in [0.15, 0.2) is 12.1 Å². The number of carbonyl (C=O) groups excluding carboxylic acids is 1. The molecule has 0 aromatic carbocycles. The van der Waals surface area contributed by atoms with E-state index in [0.717, 1.165) is 25.9 Å². The van der Waals surface area contributed by atoms with Crippen LogP contribution >= 0.6 is 0 Å². The quantitative estimate of drug-likeness (QED) is 0.564. The fourth-order valence-electron chi connectivity index (χ4n) is 1.78. The second-order valence-electron chi connectivity index (χ2n) is 5.33. The van der Waals surface area contributed by atoms with Crippen molar-refractivity contribution in [1.29, 1.82) is 0 Å². The van der Waals surface area contributed by atoms with Crippen molar-refractivity contribution in [2.24, 2.45) is 0 Å². The van der Waals surface area contributed by atoms with Crippen molar-refractivity contribution >= 4 is 17.5 Å². The van der Waals surface area contributed by atoms with Gasteiger partial charge in [0.05, 0.1) is 12.8 Å². The van der Waals surface area contributed by atoms with Crippen LogP contribution in [0.1, 0.15) is 37.2 Å². The lowest BCUT2D eigenvalue weighted by Gasteiger charge is -2.20. The molecule has 0 fully saturated rings. The topological polar surface area (TPSA) is 80.5 Å². The van der Waals surface area contributed by atoms with Crippen molar-refractivity contribution in [3.05, 3.63) is 17.8 Å². The molecule has 0 bridgehead atoms. The van der Waals surface area contributed by atoms with E-state index < -0.39 is 5.97 Å². The van der Waals surface area contributed by atoms with E-state index >= 15 is 0 Å². The van der Waals surface area contributed by atoms with Crippen LogP contribution in [0.2, 0.25) is 0 Å². The number of pyridine rings is 1. The number of rotatable bonds is 8. The Hall–Kier alpha value is -1.82. The summed E-state index contributed by atoms with van der Waals surface area (Å²) >= 11 is 0. The number of nitrogens with zero attached hydrogens (tertiary/aromatic N) is 2. The van der Waals surface area contributed by atoms with Crippen molar-refractivity contribution < 1.29 is 9.53 Å². The molecular weight excluding hydrogens is 268 g/mol. The molecule has 0 unspecified atom stereocenters. The van der Waals surface area contributed by atoms with Gasteiger partial charge in [-0.1, -0.05) is 0 Å². The number of ether oxygens (including phenoxy) is 1. The highest BCUT2D eigenvalue weighted by Crippen LogP contribution is 2.16. The zero-order valence-corrected chi connectivity index (χ0v) is 13.3. The normalized spacial score (nSPS) is 11.0. The number of esters is 1. The first-order valence-electron chi connectivity index (χ1n) is 7.24. The summed E-state index contributed by atoms with van der Waals surface area (Å²) in [6.45, 7) is 6.20. The van der Waals surface area contributed by atoms with E-state index in [1.807, 2.05) is 0 Å². The predicted octanol–water partition coefficient (Wildman–Crippen LogP) is 1.98. The average Bonchev–Trinajstić information content (AvgIpc) is 2.47. The second kappa shape index (κ2) is 8.46. The van der Waals surface area contributed by atoms with Gasteiger partial charge in [-0.2, -0.15) is 0 Å². The number of nitrogens with two attached hydrogens (primary N) is 1. The fourth-order valence-corrected chi connectivity index (χ4v) is 1.78. The molecule has 118 valence electrons. The third kappa shape index (κ3) is 5.59. The van der Waals surface area contributed by atoms with Crippen molar-refractivity contribution in [2.45, 2.75) is 32.7 Å². The van der Waals surface area contributed by atoms with Gasteiger partial charge in [0.15, 0.2) is 5.69 Å². The van der Waals surface area contributed by atoms with Gasteiger partial charge in [0.1, 0.15) is 5.82 Å². The van der Waals surface area contributed by atoms with E-state index in [2.05, 4.69) is 40.8 Å². The van der Waals surface area contributed by atoms with E-state index in [1.54, 1.807) is 12.1 Å². The van der Waals surface area contributed by atoms with Crippen LogP contribution in [0, 0.1) is 0 Å². The van der Waals surface area contributed by atoms with E-state index in [0.29, 0.717) is 17.5 Å². The van der Waals surface area contributed by atoms with Crippen molar-refractivity contribution in [2.75, 3.05) is 38.3 Å². The summed E-state index contributed by atoms with van der Waals surface area (Å²) in [5.41, 5.74) is 6.64. The minimum Gasteiger partial charge on any atom is -0.464 e. The van der Waals surface area contributed by atoms with Crippen molar-refractivity contribution in [1.82, 2.24) is 9.88 Å². The number of nitrogen functional groups attached to an aromatic ring is 1. The number of anilines is 2. The largest absolute Gasteiger partial charge is 0.464 e. The summed E-state index contributed by atoms with van der Waals surface area (Å²) in [6.07, 6.45) is 2.11. The molecule has 0 spiro atoms. The molecule has 1 heterocycles. The van der Waals surface area contributed by atoms with Gasteiger partial charge in [-0.05, 0) is 52.4 Å². The highest BCUT2D eigenvalue weighted by atomic mass is 16.5. The fraction of sp³-hybridized carbons (Fsp3) is 0.600. The molecule has 0 aliphatic carbocycles. The van der Waals surface area contributed by atoms with Crippen molar-refractivity contribution in [3.8, 4) is 0 Å². The molecule has 6 nitrogen and oxygen atoms in total. The third-order valence-corrected chi connectivity index (χ3v) is 3.43. The average molecular weight is 294 g/mol. The predicted molar refractivity (Wildman–Crippen MR) is 85.5 cm³/mol. The number of carbonyl (C=O) groups is 1. The van der Waals surface area contributed by atoms with E-state index in [4.69, 9.17) is 5.73 Å². The number of hydrogen-bond donors (Lipinski definition) is 2. The minimum atomic E-state index is -0.461. The first kappa shape index (κ1) is 17.2. The van der Waals surface area contributed by atoms with Gasteiger partial charge in [-0.15, -0.1) is 0 Å². The maximum Gasteiger partial charge on any atom is 0.356 e. The van der Waals surface area contributed by atoms with Gasteiger partial charge in [-0.3, -0.25) is 0 Å². The molecule has 0 radical (unpaired) electrons. The van der Waals surface area contributed by atoms with Gasteiger partial charge in [-0.25, -0.2) is 9.78 Å². The summed E-state index contributed by atoms with van der Waals surface area (Å²) in [4.78, 5) is 17.9. The number of methoxy groups -OCH3 is 1. The van der Waals surface area contributed by atoms with Crippen molar-refractivity contribution in [3.63, 3.8) is 0 Å². The lowest BCUT2D eigenvalue weighted by molar-refractivity contribution is 0.0594. The smallest absolute Gasteiger partial charge is 0.356 e. The lowest BCUT2D eigenvalue weighted by atomic mass is 10.2. The SMILES string of the molecule is COC(=O)c1ccc(N)c(NCCCCN(C)C(C)C)n1. The summed E-state index contributed by atoms with van der Waals surface area (Å²) in [6, 6.07) is 3.78. The first-order chi connectivity index (χ1) is 9.95. The molecule has 0 saturated carbocycles. The van der Waals surface area contributed by atoms with E-state index in [1.165, 1.54) is 7.11 Å². The van der Waals surface area contributed by atoms with Gasteiger partial charge in [0.25, 0.3) is 0 Å². The molecule has 0 aliphatic heterocycles. The summed E-state index contributed by atoms with van der Waals surface area (Å²) in [5, 5.41) is 3.17. The zero-order chi connectivity index (χ0) is 15.8. The number of aromatic nitrogens is 1. The zero-order valence-electron chi connectivity index (χ0n) is 13.3. The monoisotopic (exact) mass is 294 g/mol. The number of unbranched alkanes of at least 4 members (excludes halogenated alkanes) is 1. The summed E-state index contributed by atoms with van der Waals surface area (Å²) < 4.78 is 4.65. The van der Waals surface area contributed by atoms with Gasteiger partial charge in [0.2, 0.25) is 0 Å². The Balaban J connectivity index is 2.43. The third-order valence-electron chi connectivity index (χ3n) is 3.43. The molecule has 0 atom stereocenters.